The number of benzene rings is 2. The van der Waals surface area contributed by atoms with Crippen LogP contribution >= 0.6 is 0 Å². The van der Waals surface area contributed by atoms with Crippen molar-refractivity contribution in [1.82, 2.24) is 9.88 Å². The molecule has 162 valence electrons. The minimum Gasteiger partial charge on any atom is -0.507 e. The second-order valence-electron chi connectivity index (χ2n) is 7.24. The highest BCUT2D eigenvalue weighted by molar-refractivity contribution is 6.46. The van der Waals surface area contributed by atoms with Crippen LogP contribution in [-0.4, -0.2) is 40.9 Å². The predicted molar refractivity (Wildman–Crippen MR) is 118 cm³/mol. The summed E-state index contributed by atoms with van der Waals surface area (Å²) in [4.78, 5) is 31.8. The summed E-state index contributed by atoms with van der Waals surface area (Å²) in [5.74, 6) is -0.868. The molecule has 0 bridgehead atoms. The summed E-state index contributed by atoms with van der Waals surface area (Å²) in [5, 5.41) is 11.1. The van der Waals surface area contributed by atoms with E-state index in [0.29, 0.717) is 22.6 Å². The first-order valence-corrected chi connectivity index (χ1v) is 10.0. The third-order valence-corrected chi connectivity index (χ3v) is 5.39. The van der Waals surface area contributed by atoms with Crippen molar-refractivity contribution in [2.75, 3.05) is 14.2 Å². The number of amides is 1. The molecule has 1 fully saturated rings. The fourth-order valence-corrected chi connectivity index (χ4v) is 3.93. The normalized spacial score (nSPS) is 17.4. The standard InChI is InChI=1S/C25H22N2O5/c1-31-19-12-6-11-18(24(19)32-2)21-20(22(28)17-9-4-3-5-10-17)23(29)25(30)27(21)15-16-8-7-13-26-14-16/h3-14,21,28H,15H2,1-2H3/t21-/m0/s1. The van der Waals surface area contributed by atoms with Gasteiger partial charge in [-0.2, -0.15) is 0 Å². The van der Waals surface area contributed by atoms with Gasteiger partial charge >= 0.3 is 0 Å². The zero-order chi connectivity index (χ0) is 22.7. The number of rotatable bonds is 6. The van der Waals surface area contributed by atoms with Gasteiger partial charge < -0.3 is 19.5 Å². The zero-order valence-electron chi connectivity index (χ0n) is 17.7. The first kappa shape index (κ1) is 21.1. The van der Waals surface area contributed by atoms with E-state index in [4.69, 9.17) is 9.47 Å². The lowest BCUT2D eigenvalue weighted by atomic mass is 9.94. The lowest BCUT2D eigenvalue weighted by molar-refractivity contribution is -0.140. The number of aliphatic hydroxyl groups is 1. The number of pyridine rings is 1. The van der Waals surface area contributed by atoms with E-state index in [2.05, 4.69) is 4.98 Å². The Morgan fingerprint density at radius 1 is 1.00 bits per heavy atom. The Hall–Kier alpha value is -4.13. The summed E-state index contributed by atoms with van der Waals surface area (Å²) in [6, 6.07) is 16.6. The van der Waals surface area contributed by atoms with Gasteiger partial charge in [-0.05, 0) is 17.7 Å². The number of nitrogens with zero attached hydrogens (tertiary/aromatic N) is 2. The number of aromatic nitrogens is 1. The highest BCUT2D eigenvalue weighted by atomic mass is 16.5. The van der Waals surface area contributed by atoms with Crippen LogP contribution in [0.15, 0.2) is 78.6 Å². The van der Waals surface area contributed by atoms with Crippen LogP contribution in [-0.2, 0) is 16.1 Å². The number of ether oxygens (including phenoxy) is 2. The van der Waals surface area contributed by atoms with Crippen LogP contribution in [0.1, 0.15) is 22.7 Å². The first-order chi connectivity index (χ1) is 15.6. The Morgan fingerprint density at radius 2 is 1.78 bits per heavy atom. The number of para-hydroxylation sites is 1. The minimum atomic E-state index is -0.875. The molecule has 1 aliphatic heterocycles. The quantitative estimate of drug-likeness (QED) is 0.364. The van der Waals surface area contributed by atoms with E-state index < -0.39 is 17.7 Å². The molecule has 3 aromatic rings. The number of carbonyl (C=O) groups excluding carboxylic acids is 2. The molecule has 1 N–H and O–H groups in total. The number of hydrogen-bond acceptors (Lipinski definition) is 6. The smallest absolute Gasteiger partial charge is 0.295 e. The third-order valence-electron chi connectivity index (χ3n) is 5.39. The van der Waals surface area contributed by atoms with Crippen LogP contribution in [0.25, 0.3) is 5.76 Å². The number of hydrogen-bond donors (Lipinski definition) is 1. The van der Waals surface area contributed by atoms with Crippen molar-refractivity contribution >= 4 is 17.4 Å². The number of likely N-dealkylation sites (tertiary alicyclic amines) is 1. The molecule has 1 atom stereocenters. The molecule has 32 heavy (non-hydrogen) atoms. The molecule has 0 unspecified atom stereocenters. The maximum atomic E-state index is 13.2. The van der Waals surface area contributed by atoms with Crippen molar-refractivity contribution < 1.29 is 24.2 Å². The molecule has 0 radical (unpaired) electrons. The average molecular weight is 430 g/mol. The molecule has 4 rings (SSSR count). The SMILES string of the molecule is COc1cccc([C@H]2C(=C(O)c3ccccc3)C(=O)C(=O)N2Cc2cccnc2)c1OC. The summed E-state index contributed by atoms with van der Waals surface area (Å²) in [6.45, 7) is 0.134. The van der Waals surface area contributed by atoms with E-state index >= 15 is 0 Å². The predicted octanol–water partition coefficient (Wildman–Crippen LogP) is 3.72. The lowest BCUT2D eigenvalue weighted by Crippen LogP contribution is -2.29. The Balaban J connectivity index is 1.94. The Bertz CT molecular complexity index is 1180. The summed E-state index contributed by atoms with van der Waals surface area (Å²) in [6.07, 6.45) is 3.27. The van der Waals surface area contributed by atoms with Crippen LogP contribution in [0.3, 0.4) is 0 Å². The van der Waals surface area contributed by atoms with Gasteiger partial charge in [0.1, 0.15) is 5.76 Å². The van der Waals surface area contributed by atoms with Crippen molar-refractivity contribution in [3.8, 4) is 11.5 Å². The largest absolute Gasteiger partial charge is 0.507 e. The average Bonchev–Trinajstić information content (AvgIpc) is 3.09. The van der Waals surface area contributed by atoms with Gasteiger partial charge in [0, 0.05) is 30.1 Å². The number of aliphatic hydroxyl groups excluding tert-OH is 1. The van der Waals surface area contributed by atoms with Crippen molar-refractivity contribution in [3.63, 3.8) is 0 Å². The van der Waals surface area contributed by atoms with Crippen LogP contribution in [0.2, 0.25) is 0 Å². The highest BCUT2D eigenvalue weighted by Crippen LogP contribution is 2.45. The third kappa shape index (κ3) is 3.69. The number of Topliss-reactive ketones (excluding diaryl/α,β-unsaturated/α-hetero) is 1. The van der Waals surface area contributed by atoms with Gasteiger partial charge in [0.05, 0.1) is 25.8 Å². The van der Waals surface area contributed by atoms with Crippen LogP contribution in [0.4, 0.5) is 0 Å². The van der Waals surface area contributed by atoms with Gasteiger partial charge in [0.25, 0.3) is 11.7 Å². The fourth-order valence-electron chi connectivity index (χ4n) is 3.93. The molecular weight excluding hydrogens is 408 g/mol. The van der Waals surface area contributed by atoms with Crippen molar-refractivity contribution in [3.05, 3.63) is 95.3 Å². The molecule has 2 heterocycles. The van der Waals surface area contributed by atoms with E-state index in [1.54, 1.807) is 67.0 Å². The topological polar surface area (TPSA) is 89.0 Å². The molecule has 2 aromatic carbocycles. The van der Waals surface area contributed by atoms with E-state index in [1.807, 2.05) is 6.07 Å². The molecule has 1 aliphatic rings. The van der Waals surface area contributed by atoms with E-state index in [-0.39, 0.29) is 17.9 Å². The van der Waals surface area contributed by atoms with Crippen LogP contribution in [0.5, 0.6) is 11.5 Å². The van der Waals surface area contributed by atoms with Crippen molar-refractivity contribution in [1.29, 1.82) is 0 Å². The summed E-state index contributed by atoms with van der Waals surface area (Å²) in [5.41, 5.74) is 1.73. The maximum absolute atomic E-state index is 13.2. The first-order valence-electron chi connectivity index (χ1n) is 10.0. The van der Waals surface area contributed by atoms with E-state index in [1.165, 1.54) is 19.1 Å². The van der Waals surface area contributed by atoms with Gasteiger partial charge in [-0.25, -0.2) is 0 Å². The fraction of sp³-hybridized carbons (Fsp3) is 0.160. The second kappa shape index (κ2) is 8.93. The number of methoxy groups -OCH3 is 2. The number of ketones is 1. The van der Waals surface area contributed by atoms with Gasteiger partial charge in [-0.1, -0.05) is 48.5 Å². The van der Waals surface area contributed by atoms with Gasteiger partial charge in [-0.15, -0.1) is 0 Å². The van der Waals surface area contributed by atoms with Gasteiger partial charge in [0.15, 0.2) is 11.5 Å². The lowest BCUT2D eigenvalue weighted by Gasteiger charge is -2.27. The van der Waals surface area contributed by atoms with E-state index in [0.717, 1.165) is 5.56 Å². The van der Waals surface area contributed by atoms with Crippen LogP contribution in [0, 0.1) is 0 Å². The Kier molecular flexibility index (Phi) is 5.89. The van der Waals surface area contributed by atoms with E-state index in [9.17, 15) is 14.7 Å². The maximum Gasteiger partial charge on any atom is 0.295 e. The van der Waals surface area contributed by atoms with Gasteiger partial charge in [0.2, 0.25) is 0 Å². The molecule has 7 heteroatoms. The Labute approximate surface area is 185 Å². The summed E-state index contributed by atoms with van der Waals surface area (Å²) >= 11 is 0. The molecule has 0 aliphatic carbocycles. The molecule has 0 spiro atoms. The molecule has 0 saturated carbocycles. The van der Waals surface area contributed by atoms with Gasteiger partial charge in [-0.3, -0.25) is 14.6 Å². The monoisotopic (exact) mass is 430 g/mol. The van der Waals surface area contributed by atoms with Crippen molar-refractivity contribution in [2.24, 2.45) is 0 Å². The second-order valence-corrected chi connectivity index (χ2v) is 7.24. The van der Waals surface area contributed by atoms with Crippen LogP contribution < -0.4 is 9.47 Å². The summed E-state index contributed by atoms with van der Waals surface area (Å²) < 4.78 is 11.0. The highest BCUT2D eigenvalue weighted by Gasteiger charge is 2.47. The molecular formula is C25H22N2O5. The molecule has 7 nitrogen and oxygen atoms in total. The molecule has 1 amide bonds. The Morgan fingerprint density at radius 3 is 2.44 bits per heavy atom. The minimum absolute atomic E-state index is 0.00311. The molecule has 1 saturated heterocycles. The summed E-state index contributed by atoms with van der Waals surface area (Å²) in [7, 11) is 3.00. The molecule has 1 aromatic heterocycles. The zero-order valence-corrected chi connectivity index (χ0v) is 17.7. The number of carbonyl (C=O) groups is 2. The van der Waals surface area contributed by atoms with Crippen molar-refractivity contribution in [2.45, 2.75) is 12.6 Å².